The molecule has 190 valence electrons. The summed E-state index contributed by atoms with van der Waals surface area (Å²) in [5, 5.41) is 5.22. The molecule has 2 N–H and O–H groups in total. The van der Waals surface area contributed by atoms with Crippen LogP contribution in [0.5, 0.6) is 0 Å². The molecule has 4 rings (SSSR count). The van der Waals surface area contributed by atoms with Gasteiger partial charge < -0.3 is 15.5 Å². The van der Waals surface area contributed by atoms with E-state index in [1.54, 1.807) is 0 Å². The minimum absolute atomic E-state index is 0.00561. The Morgan fingerprint density at radius 2 is 2.03 bits per heavy atom. The average molecular weight is 494 g/mol. The Balaban J connectivity index is 1.57. The average Bonchev–Trinajstić information content (AvgIpc) is 3.53. The lowest BCUT2D eigenvalue weighted by Gasteiger charge is -2.33. The Morgan fingerprint density at radius 3 is 2.69 bits per heavy atom. The number of nitrogens with one attached hydrogen (secondary N) is 2. The quantitative estimate of drug-likeness (QED) is 0.581. The first-order chi connectivity index (χ1) is 16.6. The minimum atomic E-state index is -2.57. The fourth-order valence-corrected chi connectivity index (χ4v) is 5.80. The number of rotatable bonds is 8. The normalized spacial score (nSPS) is 28.2. The van der Waals surface area contributed by atoms with Crippen LogP contribution in [0.25, 0.3) is 0 Å². The molecular weight excluding hydrogens is 463 g/mol. The van der Waals surface area contributed by atoms with Gasteiger partial charge in [0.1, 0.15) is 18.5 Å². The summed E-state index contributed by atoms with van der Waals surface area (Å²) in [4.78, 5) is 52.3. The van der Waals surface area contributed by atoms with Crippen LogP contribution in [0.1, 0.15) is 44.6 Å². The highest BCUT2D eigenvalue weighted by Gasteiger charge is 2.53. The lowest BCUT2D eigenvalue weighted by molar-refractivity contribution is -0.149. The van der Waals surface area contributed by atoms with Gasteiger partial charge in [-0.3, -0.25) is 19.2 Å². The van der Waals surface area contributed by atoms with Crippen LogP contribution < -0.4 is 10.6 Å². The first-order valence-electron chi connectivity index (χ1n) is 12.1. The van der Waals surface area contributed by atoms with Gasteiger partial charge in [0.15, 0.2) is 5.78 Å². The van der Waals surface area contributed by atoms with Crippen molar-refractivity contribution in [3.8, 4) is 0 Å². The van der Waals surface area contributed by atoms with Crippen LogP contribution >= 0.6 is 0 Å². The smallest absolute Gasteiger partial charge is 0.265 e. The lowest BCUT2D eigenvalue weighted by Crippen LogP contribution is -2.55. The van der Waals surface area contributed by atoms with Gasteiger partial charge in [-0.15, -0.1) is 0 Å². The van der Waals surface area contributed by atoms with E-state index in [4.69, 9.17) is 0 Å². The van der Waals surface area contributed by atoms with Crippen LogP contribution in [0.3, 0.4) is 0 Å². The lowest BCUT2D eigenvalue weighted by atomic mass is 9.91. The molecule has 3 aliphatic rings. The van der Waals surface area contributed by atoms with Crippen molar-refractivity contribution in [2.24, 2.45) is 17.8 Å². The van der Waals surface area contributed by atoms with Crippen LogP contribution in [-0.4, -0.2) is 60.3 Å². The topological polar surface area (TPSA) is 95.6 Å². The van der Waals surface area contributed by atoms with Crippen LogP contribution in [0.2, 0.25) is 0 Å². The third-order valence-electron chi connectivity index (χ3n) is 7.71. The summed E-state index contributed by atoms with van der Waals surface area (Å²) in [6.45, 7) is 0.350. The number of likely N-dealkylation sites (tertiary alicyclic amines) is 1. The highest BCUT2D eigenvalue weighted by Crippen LogP contribution is 2.44. The number of amides is 3. The van der Waals surface area contributed by atoms with Gasteiger partial charge in [0, 0.05) is 24.6 Å². The Morgan fingerprint density at radius 1 is 1.26 bits per heavy atom. The highest BCUT2D eigenvalue weighted by molar-refractivity contribution is 5.96. The van der Waals surface area contributed by atoms with Crippen molar-refractivity contribution in [1.82, 2.24) is 15.5 Å². The van der Waals surface area contributed by atoms with E-state index >= 15 is 4.39 Å². The number of alkyl halides is 2. The van der Waals surface area contributed by atoms with Gasteiger partial charge in [0.05, 0.1) is 6.04 Å². The Labute approximate surface area is 201 Å². The zero-order valence-corrected chi connectivity index (χ0v) is 19.6. The summed E-state index contributed by atoms with van der Waals surface area (Å²) in [6.07, 6.45) is 2.71. The zero-order chi connectivity index (χ0) is 25.3. The molecule has 6 atom stereocenters. The van der Waals surface area contributed by atoms with Crippen molar-refractivity contribution >= 4 is 23.5 Å². The molecule has 0 unspecified atom stereocenters. The van der Waals surface area contributed by atoms with Gasteiger partial charge in [-0.1, -0.05) is 18.6 Å². The molecule has 0 bridgehead atoms. The maximum Gasteiger partial charge on any atom is 0.265 e. The highest BCUT2D eigenvalue weighted by atomic mass is 19.1. The van der Waals surface area contributed by atoms with Crippen molar-refractivity contribution < 1.29 is 32.3 Å². The SMILES string of the molecule is C[C@](F)(C(=O)N1C[C@H]2CCC[C@H]2[C@H]1C(=O)N[C@@H](C[C@@H]1CCNC1=O)C(=O)CF)c1cccc(F)c1. The van der Waals surface area contributed by atoms with E-state index in [2.05, 4.69) is 10.6 Å². The molecule has 3 fully saturated rings. The maximum atomic E-state index is 15.8. The van der Waals surface area contributed by atoms with Crippen molar-refractivity contribution in [2.45, 2.75) is 56.8 Å². The minimum Gasteiger partial charge on any atom is -0.356 e. The van der Waals surface area contributed by atoms with Gasteiger partial charge in [-0.2, -0.15) is 0 Å². The van der Waals surface area contributed by atoms with E-state index in [1.807, 2.05) is 0 Å². The van der Waals surface area contributed by atoms with E-state index in [9.17, 15) is 28.0 Å². The summed E-state index contributed by atoms with van der Waals surface area (Å²) < 4.78 is 42.8. The van der Waals surface area contributed by atoms with E-state index < -0.39 is 53.8 Å². The Kier molecular flexibility index (Phi) is 7.19. The molecule has 10 heteroatoms. The van der Waals surface area contributed by atoms with Crippen LogP contribution in [0.15, 0.2) is 24.3 Å². The summed E-state index contributed by atoms with van der Waals surface area (Å²) in [5.41, 5.74) is -2.73. The fraction of sp³-hybridized carbons (Fsp3) is 0.600. The van der Waals surface area contributed by atoms with Gasteiger partial charge >= 0.3 is 0 Å². The van der Waals surface area contributed by atoms with Crippen molar-refractivity contribution in [3.05, 3.63) is 35.6 Å². The molecule has 2 aliphatic heterocycles. The molecule has 2 saturated heterocycles. The second kappa shape index (κ2) is 9.99. The first kappa shape index (κ1) is 25.2. The molecular formula is C25H30F3N3O4. The maximum absolute atomic E-state index is 15.8. The van der Waals surface area contributed by atoms with Gasteiger partial charge in [0.25, 0.3) is 5.91 Å². The number of ketones is 1. The molecule has 3 amide bonds. The largest absolute Gasteiger partial charge is 0.356 e. The van der Waals surface area contributed by atoms with E-state index in [0.717, 1.165) is 31.9 Å². The number of carbonyl (C=O) groups excluding carboxylic acids is 4. The molecule has 1 aromatic carbocycles. The van der Waals surface area contributed by atoms with Crippen molar-refractivity contribution in [2.75, 3.05) is 19.8 Å². The fourth-order valence-electron chi connectivity index (χ4n) is 5.80. The Bertz CT molecular complexity index is 1020. The number of Topliss-reactive ketones (excluding diaryl/α,β-unsaturated/α-hetero) is 1. The van der Waals surface area contributed by atoms with E-state index in [1.165, 1.54) is 17.0 Å². The summed E-state index contributed by atoms with van der Waals surface area (Å²) in [7, 11) is 0. The molecule has 1 saturated carbocycles. The molecule has 0 aromatic heterocycles. The second-order valence-electron chi connectivity index (χ2n) is 9.94. The number of hydrogen-bond acceptors (Lipinski definition) is 4. The Hall–Kier alpha value is -2.91. The molecule has 2 heterocycles. The summed E-state index contributed by atoms with van der Waals surface area (Å²) >= 11 is 0. The van der Waals surface area contributed by atoms with Gasteiger partial charge in [-0.25, -0.2) is 13.2 Å². The molecule has 0 radical (unpaired) electrons. The number of carbonyl (C=O) groups is 4. The van der Waals surface area contributed by atoms with Crippen LogP contribution in [0, 0.1) is 23.6 Å². The number of halogens is 3. The summed E-state index contributed by atoms with van der Waals surface area (Å²) in [5.74, 6) is -4.17. The summed E-state index contributed by atoms with van der Waals surface area (Å²) in [6, 6.07) is 2.46. The number of benzene rings is 1. The van der Waals surface area contributed by atoms with Crippen LogP contribution in [-0.2, 0) is 24.8 Å². The zero-order valence-electron chi connectivity index (χ0n) is 19.6. The predicted octanol–water partition coefficient (Wildman–Crippen LogP) is 2.19. The second-order valence-corrected chi connectivity index (χ2v) is 9.94. The first-order valence-corrected chi connectivity index (χ1v) is 12.1. The van der Waals surface area contributed by atoms with Gasteiger partial charge in [-0.05, 0) is 56.6 Å². The molecule has 1 aromatic rings. The van der Waals surface area contributed by atoms with Gasteiger partial charge in [0.2, 0.25) is 17.5 Å². The number of fused-ring (bicyclic) bond motifs is 1. The molecule has 35 heavy (non-hydrogen) atoms. The predicted molar refractivity (Wildman–Crippen MR) is 120 cm³/mol. The molecule has 1 aliphatic carbocycles. The number of hydrogen-bond donors (Lipinski definition) is 2. The van der Waals surface area contributed by atoms with Crippen molar-refractivity contribution in [3.63, 3.8) is 0 Å². The third kappa shape index (κ3) is 4.92. The monoisotopic (exact) mass is 493 g/mol. The van der Waals surface area contributed by atoms with Crippen molar-refractivity contribution in [1.29, 1.82) is 0 Å². The molecule has 7 nitrogen and oxygen atoms in total. The molecule has 0 spiro atoms. The van der Waals surface area contributed by atoms with E-state index in [-0.39, 0.29) is 36.3 Å². The van der Waals surface area contributed by atoms with Crippen LogP contribution in [0.4, 0.5) is 13.2 Å². The standard InChI is InChI=1S/C25H30F3N3O4/c1-25(28,16-5-3-6-17(27)11-16)24(35)31-13-15-4-2-7-18(15)21(31)23(34)30-19(20(32)12-26)10-14-8-9-29-22(14)33/h3,5-6,11,14-15,18-19,21H,2,4,7-10,12-13H2,1H3,(H,29,33)(H,30,34)/t14-,15+,18+,19-,21-,25+/m0/s1. The third-order valence-corrected chi connectivity index (χ3v) is 7.71. The number of nitrogens with zero attached hydrogens (tertiary/aromatic N) is 1. The van der Waals surface area contributed by atoms with E-state index in [0.29, 0.717) is 19.4 Å².